The Kier molecular flexibility index (Phi) is 5.16. The Bertz CT molecular complexity index is 769. The fourth-order valence-electron chi connectivity index (χ4n) is 2.77. The number of ether oxygens (including phenoxy) is 2. The van der Waals surface area contributed by atoms with Gasteiger partial charge in [-0.2, -0.15) is 0 Å². The van der Waals surface area contributed by atoms with Crippen LogP contribution in [-0.2, 0) is 9.47 Å². The molecule has 25 heavy (non-hydrogen) atoms. The lowest BCUT2D eigenvalue weighted by molar-refractivity contribution is -0.513. The average molecular weight is 350 g/mol. The van der Waals surface area contributed by atoms with Crippen molar-refractivity contribution < 1.29 is 29.0 Å². The molecule has 1 fully saturated rings. The Morgan fingerprint density at radius 1 is 1.60 bits per heavy atom. The van der Waals surface area contributed by atoms with Gasteiger partial charge in [0.1, 0.15) is 18.7 Å². The van der Waals surface area contributed by atoms with Crippen molar-refractivity contribution in [3.63, 3.8) is 0 Å². The summed E-state index contributed by atoms with van der Waals surface area (Å²) >= 11 is 0. The lowest BCUT2D eigenvalue weighted by atomic mass is 9.94. The summed E-state index contributed by atoms with van der Waals surface area (Å²) in [6.45, 7) is 2.01. The van der Waals surface area contributed by atoms with Gasteiger partial charge in [-0.3, -0.25) is 13.8 Å². The number of aliphatic hydroxyl groups is 2. The monoisotopic (exact) mass is 350 g/mol. The topological polar surface area (TPSA) is 137 Å². The number of carbonyl (C=O) groups is 1. The van der Waals surface area contributed by atoms with Crippen LogP contribution in [-0.4, -0.2) is 63.5 Å². The van der Waals surface area contributed by atoms with Crippen LogP contribution in [0.25, 0.3) is 11.2 Å². The highest BCUT2D eigenvalue weighted by atomic mass is 16.5. The van der Waals surface area contributed by atoms with Crippen molar-refractivity contribution in [2.24, 2.45) is 0 Å². The molecule has 0 bridgehead atoms. The summed E-state index contributed by atoms with van der Waals surface area (Å²) in [7, 11) is -0.0487. The van der Waals surface area contributed by atoms with E-state index in [2.05, 4.69) is 9.97 Å². The van der Waals surface area contributed by atoms with Crippen LogP contribution in [0.1, 0.15) is 26.0 Å². The number of nitrogens with zero attached hydrogens (tertiary/aromatic N) is 4. The highest BCUT2D eigenvalue weighted by Crippen LogP contribution is 2.30. The van der Waals surface area contributed by atoms with Crippen LogP contribution in [0.5, 0.6) is 0 Å². The van der Waals surface area contributed by atoms with Gasteiger partial charge in [0.2, 0.25) is 17.8 Å². The Balaban J connectivity index is 1.83. The molecule has 11 heteroatoms. The van der Waals surface area contributed by atoms with Gasteiger partial charge in [0.15, 0.2) is 5.52 Å². The van der Waals surface area contributed by atoms with Crippen molar-refractivity contribution >= 4 is 30.3 Å². The van der Waals surface area contributed by atoms with Gasteiger partial charge in [-0.15, -0.1) is 0 Å². The van der Waals surface area contributed by atoms with Gasteiger partial charge in [0.25, 0.3) is 5.87 Å². The number of nitrogens with two attached hydrogens (primary N) is 1. The van der Waals surface area contributed by atoms with Crippen LogP contribution >= 0.6 is 0 Å². The Hall–Kier alpha value is -2.24. The number of aliphatic hydroxyl groups excluding tert-OH is 2. The molecular formula is C14H21BN5O5+. The molecule has 0 spiro atoms. The lowest BCUT2D eigenvalue weighted by Gasteiger charge is -2.12. The summed E-state index contributed by atoms with van der Waals surface area (Å²) in [6, 6.07) is 0. The number of anilines is 1. The molecule has 0 amide bonds. The molecule has 0 radical (unpaired) electrons. The minimum Gasteiger partial charge on any atom is -0.471 e. The van der Waals surface area contributed by atoms with Crippen molar-refractivity contribution in [1.82, 2.24) is 14.5 Å². The fourth-order valence-corrected chi connectivity index (χ4v) is 2.77. The van der Waals surface area contributed by atoms with Gasteiger partial charge in [0.05, 0.1) is 19.3 Å². The zero-order chi connectivity index (χ0) is 18.0. The number of carbonyl (C=O) groups excluding carboxylic acids is 1. The molecule has 1 aliphatic heterocycles. The normalized spacial score (nSPS) is 23.1. The Morgan fingerprint density at radius 2 is 2.40 bits per heavy atom. The molecule has 2 aromatic rings. The molecule has 0 unspecified atom stereocenters. The van der Waals surface area contributed by atoms with Crippen LogP contribution in [0.15, 0.2) is 12.7 Å². The van der Waals surface area contributed by atoms with Gasteiger partial charge in [-0.25, -0.2) is 4.98 Å². The third-order valence-corrected chi connectivity index (χ3v) is 4.10. The number of rotatable bonds is 6. The van der Waals surface area contributed by atoms with E-state index in [1.807, 2.05) is 6.92 Å². The van der Waals surface area contributed by atoms with E-state index in [9.17, 15) is 15.0 Å². The minimum absolute atomic E-state index is 0.0487. The molecule has 3 atom stereocenters. The second-order valence-electron chi connectivity index (χ2n) is 5.92. The SMILES string of the molecule is CCCOC(=O)B[n+]1cnc2c(ncn2[C@H]2C[C@H](O)[C@@H](CO)O2)c1N. The van der Waals surface area contributed by atoms with E-state index in [-0.39, 0.29) is 19.8 Å². The first-order valence-corrected chi connectivity index (χ1v) is 8.15. The summed E-state index contributed by atoms with van der Waals surface area (Å²) < 4.78 is 13.8. The maximum atomic E-state index is 11.8. The molecule has 0 aliphatic carbocycles. The number of hydrogen-bond donors (Lipinski definition) is 3. The maximum absolute atomic E-state index is 11.8. The first kappa shape index (κ1) is 17.6. The molecular weight excluding hydrogens is 329 g/mol. The summed E-state index contributed by atoms with van der Waals surface area (Å²) in [6.07, 6.45) is 2.14. The van der Waals surface area contributed by atoms with Gasteiger partial charge in [-0.05, 0) is 6.42 Å². The maximum Gasteiger partial charge on any atom is 0.452 e. The fraction of sp³-hybridized carbons (Fsp3) is 0.571. The van der Waals surface area contributed by atoms with E-state index in [4.69, 9.17) is 15.2 Å². The van der Waals surface area contributed by atoms with Gasteiger partial charge < -0.3 is 25.4 Å². The van der Waals surface area contributed by atoms with Crippen molar-refractivity contribution in [1.29, 1.82) is 0 Å². The third kappa shape index (κ3) is 3.43. The second-order valence-corrected chi connectivity index (χ2v) is 5.92. The highest BCUT2D eigenvalue weighted by Gasteiger charge is 2.36. The summed E-state index contributed by atoms with van der Waals surface area (Å²) in [5.74, 6) is -0.110. The molecule has 2 aromatic heterocycles. The highest BCUT2D eigenvalue weighted by molar-refractivity contribution is 6.65. The zero-order valence-corrected chi connectivity index (χ0v) is 13.9. The molecule has 3 rings (SSSR count). The van der Waals surface area contributed by atoms with E-state index in [1.54, 1.807) is 4.57 Å². The molecule has 3 heterocycles. The van der Waals surface area contributed by atoms with Crippen LogP contribution in [0.4, 0.5) is 10.6 Å². The van der Waals surface area contributed by atoms with Gasteiger partial charge in [-0.1, -0.05) is 11.9 Å². The first-order valence-electron chi connectivity index (χ1n) is 8.15. The molecule has 4 N–H and O–H groups in total. The molecule has 1 aliphatic rings. The number of aromatic nitrogens is 4. The molecule has 0 saturated carbocycles. The second kappa shape index (κ2) is 7.34. The largest absolute Gasteiger partial charge is 0.471 e. The Morgan fingerprint density at radius 3 is 3.08 bits per heavy atom. The molecule has 134 valence electrons. The summed E-state index contributed by atoms with van der Waals surface area (Å²) in [5, 5.41) is 19.1. The van der Waals surface area contributed by atoms with E-state index in [0.717, 1.165) is 6.42 Å². The zero-order valence-electron chi connectivity index (χ0n) is 13.9. The third-order valence-electron chi connectivity index (χ3n) is 4.10. The Labute approximate surface area is 144 Å². The van der Waals surface area contributed by atoms with Gasteiger partial charge in [0, 0.05) is 6.42 Å². The van der Waals surface area contributed by atoms with Crippen LogP contribution in [0, 0.1) is 0 Å². The minimum atomic E-state index is -0.758. The number of nitrogen functional groups attached to an aromatic ring is 1. The lowest BCUT2D eigenvalue weighted by Crippen LogP contribution is -2.47. The van der Waals surface area contributed by atoms with Crippen LogP contribution in [0.2, 0.25) is 0 Å². The van der Waals surface area contributed by atoms with E-state index in [0.29, 0.717) is 24.2 Å². The molecule has 1 saturated heterocycles. The number of hydrogen-bond acceptors (Lipinski definition) is 8. The molecule has 10 nitrogen and oxygen atoms in total. The molecule has 0 aromatic carbocycles. The quantitative estimate of drug-likeness (QED) is 0.546. The predicted octanol–water partition coefficient (Wildman–Crippen LogP) is -1.31. The van der Waals surface area contributed by atoms with Crippen molar-refractivity contribution in [3.05, 3.63) is 12.7 Å². The van der Waals surface area contributed by atoms with E-state index >= 15 is 0 Å². The number of imidazole rings is 1. The smallest absolute Gasteiger partial charge is 0.452 e. The van der Waals surface area contributed by atoms with Crippen molar-refractivity contribution in [3.8, 4) is 0 Å². The van der Waals surface area contributed by atoms with Crippen LogP contribution in [0.3, 0.4) is 0 Å². The van der Waals surface area contributed by atoms with E-state index < -0.39 is 24.3 Å². The van der Waals surface area contributed by atoms with E-state index in [1.165, 1.54) is 17.1 Å². The summed E-state index contributed by atoms with van der Waals surface area (Å²) in [5.41, 5.74) is 7.00. The van der Waals surface area contributed by atoms with Crippen molar-refractivity contribution in [2.45, 2.75) is 38.2 Å². The number of fused-ring (bicyclic) bond motifs is 1. The standard InChI is InChI=1S/C14H20BN5O5/c1-2-3-24-14(23)15-20-7-18-13-11(12(20)16)17-6-19(13)10-4-8(22)9(5-21)25-10/h6-10,15-16,21-22H,2-5H2,1H3/p+1/t8-,9+,10+/m0/s1. The summed E-state index contributed by atoms with van der Waals surface area (Å²) in [4.78, 5) is 20.3. The predicted molar refractivity (Wildman–Crippen MR) is 87.9 cm³/mol. The van der Waals surface area contributed by atoms with Gasteiger partial charge >= 0.3 is 7.41 Å². The average Bonchev–Trinajstić information content (AvgIpc) is 3.19. The van der Waals surface area contributed by atoms with Crippen LogP contribution < -0.4 is 10.2 Å². The first-order chi connectivity index (χ1) is 12.0. The van der Waals surface area contributed by atoms with Crippen molar-refractivity contribution in [2.75, 3.05) is 18.9 Å².